The molecule has 0 saturated heterocycles. The van der Waals surface area contributed by atoms with E-state index >= 15 is 0 Å². The molecule has 1 fully saturated rings. The molecule has 0 radical (unpaired) electrons. The first-order valence-electron chi connectivity index (χ1n) is 10.9. The zero-order valence-corrected chi connectivity index (χ0v) is 19.9. The van der Waals surface area contributed by atoms with Gasteiger partial charge < -0.3 is 14.4 Å². The lowest BCUT2D eigenvalue weighted by Crippen LogP contribution is -2.46. The number of hydrogen-bond donors (Lipinski definition) is 1. The van der Waals surface area contributed by atoms with Crippen LogP contribution in [0.4, 0.5) is 0 Å². The lowest BCUT2D eigenvalue weighted by atomic mass is 10.1. The third-order valence-electron chi connectivity index (χ3n) is 5.41. The van der Waals surface area contributed by atoms with E-state index in [9.17, 15) is 18.0 Å². The highest BCUT2D eigenvalue weighted by Gasteiger charge is 2.34. The van der Waals surface area contributed by atoms with Crippen molar-refractivity contribution < 1.29 is 27.5 Å². The zero-order valence-electron chi connectivity index (χ0n) is 19.1. The zero-order chi connectivity index (χ0) is 24.0. The Morgan fingerprint density at radius 2 is 1.70 bits per heavy atom. The Morgan fingerprint density at radius 3 is 2.24 bits per heavy atom. The Kier molecular flexibility index (Phi) is 8.10. The van der Waals surface area contributed by atoms with Crippen LogP contribution in [0.1, 0.15) is 32.3 Å². The minimum Gasteiger partial charge on any atom is -0.497 e. The van der Waals surface area contributed by atoms with Crippen LogP contribution in [0.2, 0.25) is 0 Å². The monoisotopic (exact) mass is 474 g/mol. The van der Waals surface area contributed by atoms with Crippen molar-refractivity contribution in [3.63, 3.8) is 0 Å². The van der Waals surface area contributed by atoms with E-state index in [4.69, 9.17) is 9.47 Å². The minimum absolute atomic E-state index is 0.0546. The topological polar surface area (TPSA) is 102 Å². The van der Waals surface area contributed by atoms with Crippen LogP contribution in [0, 0.1) is 5.92 Å². The molecule has 2 aromatic rings. The highest BCUT2D eigenvalue weighted by atomic mass is 32.2. The van der Waals surface area contributed by atoms with Crippen molar-refractivity contribution in [3.8, 4) is 5.75 Å². The largest absolute Gasteiger partial charge is 0.497 e. The summed E-state index contributed by atoms with van der Waals surface area (Å²) in [4.78, 5) is 27.3. The van der Waals surface area contributed by atoms with Crippen LogP contribution in [0.5, 0.6) is 5.75 Å². The van der Waals surface area contributed by atoms with Gasteiger partial charge in [0.15, 0.2) is 6.61 Å². The molecule has 1 aliphatic rings. The summed E-state index contributed by atoms with van der Waals surface area (Å²) in [5.74, 6) is -0.729. The van der Waals surface area contributed by atoms with Crippen molar-refractivity contribution in [3.05, 3.63) is 60.2 Å². The molecule has 2 aromatic carbocycles. The molecular weight excluding hydrogens is 444 g/mol. The van der Waals surface area contributed by atoms with Gasteiger partial charge in [0, 0.05) is 12.6 Å². The Bertz CT molecular complexity index is 1050. The normalized spacial score (nSPS) is 14.5. The van der Waals surface area contributed by atoms with Gasteiger partial charge in [-0.25, -0.2) is 8.42 Å². The number of methoxy groups -OCH3 is 1. The summed E-state index contributed by atoms with van der Waals surface area (Å²) in [6.45, 7) is 3.38. The van der Waals surface area contributed by atoms with Crippen LogP contribution in [0.3, 0.4) is 0 Å². The number of rotatable bonds is 11. The first kappa shape index (κ1) is 24.7. The molecule has 1 aliphatic carbocycles. The fourth-order valence-electron chi connectivity index (χ4n) is 3.33. The first-order chi connectivity index (χ1) is 15.7. The highest BCUT2D eigenvalue weighted by Crippen LogP contribution is 2.29. The van der Waals surface area contributed by atoms with Crippen LogP contribution in [0.25, 0.3) is 0 Å². The van der Waals surface area contributed by atoms with Crippen molar-refractivity contribution in [2.75, 3.05) is 13.7 Å². The molecule has 1 saturated carbocycles. The molecule has 0 aromatic heterocycles. The predicted molar refractivity (Wildman–Crippen MR) is 123 cm³/mol. The van der Waals surface area contributed by atoms with E-state index in [1.54, 1.807) is 44.1 Å². The van der Waals surface area contributed by atoms with Gasteiger partial charge in [0.2, 0.25) is 10.0 Å². The van der Waals surface area contributed by atoms with Crippen LogP contribution in [-0.2, 0) is 30.9 Å². The van der Waals surface area contributed by atoms with E-state index in [2.05, 4.69) is 4.72 Å². The number of hydrogen-bond acceptors (Lipinski definition) is 6. The Morgan fingerprint density at radius 1 is 1.06 bits per heavy atom. The number of nitrogens with zero attached hydrogens (tertiary/aromatic N) is 1. The third kappa shape index (κ3) is 6.79. The number of benzene rings is 2. The van der Waals surface area contributed by atoms with Crippen molar-refractivity contribution in [1.82, 2.24) is 9.62 Å². The summed E-state index contributed by atoms with van der Waals surface area (Å²) in [6.07, 6.45) is 1.81. The van der Waals surface area contributed by atoms with Gasteiger partial charge in [-0.15, -0.1) is 0 Å². The van der Waals surface area contributed by atoms with Gasteiger partial charge in [-0.2, -0.15) is 4.72 Å². The standard InChI is InChI=1S/C24H30N2O6S/c1-17(2)23(25-33(29,30)21-7-5-4-6-8-21)24(28)32-16-22(27)26(19-11-12-19)15-18-9-13-20(31-3)14-10-18/h4-10,13-14,17,19,23,25H,11-12,15-16H2,1-3H3/t23-/m0/s1. The maximum Gasteiger partial charge on any atom is 0.324 e. The molecular formula is C24H30N2O6S. The Balaban J connectivity index is 1.61. The van der Waals surface area contributed by atoms with Gasteiger partial charge in [-0.3, -0.25) is 9.59 Å². The van der Waals surface area contributed by atoms with Gasteiger partial charge in [0.1, 0.15) is 11.8 Å². The Hall–Kier alpha value is -2.91. The quantitative estimate of drug-likeness (QED) is 0.503. The molecule has 0 spiro atoms. The van der Waals surface area contributed by atoms with E-state index in [-0.39, 0.29) is 22.8 Å². The average Bonchev–Trinajstić information content (AvgIpc) is 3.65. The van der Waals surface area contributed by atoms with E-state index < -0.39 is 28.6 Å². The van der Waals surface area contributed by atoms with Gasteiger partial charge in [0.25, 0.3) is 5.91 Å². The maximum atomic E-state index is 12.8. The number of nitrogens with one attached hydrogen (secondary N) is 1. The molecule has 1 amide bonds. The molecule has 178 valence electrons. The van der Waals surface area contributed by atoms with Gasteiger partial charge in [0.05, 0.1) is 12.0 Å². The first-order valence-corrected chi connectivity index (χ1v) is 12.4. The molecule has 1 N–H and O–H groups in total. The van der Waals surface area contributed by atoms with Crippen molar-refractivity contribution in [1.29, 1.82) is 0 Å². The molecule has 33 heavy (non-hydrogen) atoms. The summed E-state index contributed by atoms with van der Waals surface area (Å²) in [7, 11) is -2.32. The van der Waals surface area contributed by atoms with E-state index in [0.717, 1.165) is 24.2 Å². The average molecular weight is 475 g/mol. The van der Waals surface area contributed by atoms with Gasteiger partial charge in [-0.05, 0) is 48.6 Å². The summed E-state index contributed by atoms with van der Waals surface area (Å²) >= 11 is 0. The molecule has 0 bridgehead atoms. The molecule has 1 atom stereocenters. The maximum absolute atomic E-state index is 12.8. The summed E-state index contributed by atoms with van der Waals surface area (Å²) in [5, 5.41) is 0. The van der Waals surface area contributed by atoms with E-state index in [1.807, 2.05) is 24.3 Å². The molecule has 0 unspecified atom stereocenters. The lowest BCUT2D eigenvalue weighted by molar-refractivity contribution is -0.154. The number of esters is 1. The summed E-state index contributed by atoms with van der Waals surface area (Å²) in [6, 6.07) is 14.2. The summed E-state index contributed by atoms with van der Waals surface area (Å²) in [5.41, 5.74) is 0.943. The van der Waals surface area contributed by atoms with Crippen LogP contribution >= 0.6 is 0 Å². The number of sulfonamides is 1. The molecule has 0 aliphatic heterocycles. The van der Waals surface area contributed by atoms with E-state index in [0.29, 0.717) is 6.54 Å². The van der Waals surface area contributed by atoms with Crippen molar-refractivity contribution in [2.45, 2.75) is 50.2 Å². The number of carbonyl (C=O) groups excluding carboxylic acids is 2. The van der Waals surface area contributed by atoms with E-state index in [1.165, 1.54) is 12.1 Å². The number of ether oxygens (including phenoxy) is 2. The molecule has 8 nitrogen and oxygen atoms in total. The second-order valence-corrected chi connectivity index (χ2v) is 10.1. The molecule has 9 heteroatoms. The van der Waals surface area contributed by atoms with Crippen LogP contribution < -0.4 is 9.46 Å². The molecule has 0 heterocycles. The van der Waals surface area contributed by atoms with Crippen molar-refractivity contribution >= 4 is 21.9 Å². The van der Waals surface area contributed by atoms with Crippen LogP contribution in [0.15, 0.2) is 59.5 Å². The summed E-state index contributed by atoms with van der Waals surface area (Å²) < 4.78 is 38.1. The molecule has 3 rings (SSSR count). The van der Waals surface area contributed by atoms with Crippen LogP contribution in [-0.4, -0.2) is 51.0 Å². The minimum atomic E-state index is -3.91. The van der Waals surface area contributed by atoms with Crippen molar-refractivity contribution in [2.24, 2.45) is 5.92 Å². The fraction of sp³-hybridized carbons (Fsp3) is 0.417. The highest BCUT2D eigenvalue weighted by molar-refractivity contribution is 7.89. The van der Waals surface area contributed by atoms with Gasteiger partial charge >= 0.3 is 5.97 Å². The lowest BCUT2D eigenvalue weighted by Gasteiger charge is -2.24. The smallest absolute Gasteiger partial charge is 0.324 e. The number of amides is 1. The van der Waals surface area contributed by atoms with Gasteiger partial charge in [-0.1, -0.05) is 44.2 Å². The fourth-order valence-corrected chi connectivity index (χ4v) is 4.69. The third-order valence-corrected chi connectivity index (χ3v) is 6.87. The SMILES string of the molecule is COc1ccc(CN(C(=O)COC(=O)[C@@H](NS(=O)(=O)c2ccccc2)C(C)C)C2CC2)cc1. The second kappa shape index (κ2) is 10.8. The Labute approximate surface area is 194 Å². The number of carbonyl (C=O) groups is 2. The second-order valence-electron chi connectivity index (χ2n) is 8.36. The predicted octanol–water partition coefficient (Wildman–Crippen LogP) is 2.73.